The zero-order valence-corrected chi connectivity index (χ0v) is 16.5. The molecule has 0 aliphatic heterocycles. The molecule has 0 aromatic heterocycles. The van der Waals surface area contributed by atoms with Crippen molar-refractivity contribution in [1.29, 1.82) is 0 Å². The maximum atomic E-state index is 2.37. The first-order chi connectivity index (χ1) is 13.2. The molecular weight excluding hydrogens is 324 g/mol. The molecule has 0 bridgehead atoms. The van der Waals surface area contributed by atoms with Crippen molar-refractivity contribution in [3.63, 3.8) is 0 Å². The van der Waals surface area contributed by atoms with Gasteiger partial charge in [0.1, 0.15) is 0 Å². The Morgan fingerprint density at radius 1 is 0.519 bits per heavy atom. The van der Waals surface area contributed by atoms with Crippen LogP contribution in [0.25, 0.3) is 21.5 Å². The standard InChI is InChI=1S/C27H28/c1-3-5-21-9-14-27-19-23(11-15-26(27)17-21)7-4-6-22-10-13-24-16-20(2)8-12-25(24)18-22/h8-19H,3-7H2,1-2H3. The quantitative estimate of drug-likeness (QED) is 0.338. The van der Waals surface area contributed by atoms with Gasteiger partial charge in [-0.2, -0.15) is 0 Å². The van der Waals surface area contributed by atoms with Crippen molar-refractivity contribution in [1.82, 2.24) is 0 Å². The number of hydrogen-bond donors (Lipinski definition) is 0. The predicted octanol–water partition coefficient (Wildman–Crippen LogP) is 7.43. The first-order valence-corrected chi connectivity index (χ1v) is 10.2. The lowest BCUT2D eigenvalue weighted by molar-refractivity contribution is 0.822. The lowest BCUT2D eigenvalue weighted by Crippen LogP contribution is -1.91. The molecule has 0 nitrogen and oxygen atoms in total. The Kier molecular flexibility index (Phi) is 5.25. The average molecular weight is 353 g/mol. The van der Waals surface area contributed by atoms with Crippen LogP contribution < -0.4 is 0 Å². The molecular formula is C27H28. The minimum absolute atomic E-state index is 1.14. The lowest BCUT2D eigenvalue weighted by atomic mass is 9.98. The smallest absolute Gasteiger partial charge is 0.0181 e. The molecule has 0 spiro atoms. The van der Waals surface area contributed by atoms with Crippen molar-refractivity contribution in [3.05, 3.63) is 95.1 Å². The molecule has 27 heavy (non-hydrogen) atoms. The summed E-state index contributed by atoms with van der Waals surface area (Å²) >= 11 is 0. The van der Waals surface area contributed by atoms with Gasteiger partial charge >= 0.3 is 0 Å². The second-order valence-corrected chi connectivity index (χ2v) is 7.80. The number of benzene rings is 4. The van der Waals surface area contributed by atoms with Crippen LogP contribution in [0.2, 0.25) is 0 Å². The van der Waals surface area contributed by atoms with E-state index in [1.54, 1.807) is 0 Å². The maximum absolute atomic E-state index is 2.37. The van der Waals surface area contributed by atoms with Gasteiger partial charge in [-0.1, -0.05) is 91.7 Å². The number of rotatable bonds is 6. The SMILES string of the molecule is CCCc1ccc2cc(CCCc3ccc4cc(C)ccc4c3)ccc2c1. The van der Waals surface area contributed by atoms with E-state index in [1.807, 2.05) is 0 Å². The molecule has 0 unspecified atom stereocenters. The summed E-state index contributed by atoms with van der Waals surface area (Å²) in [6.45, 7) is 4.39. The Bertz CT molecular complexity index is 1070. The highest BCUT2D eigenvalue weighted by Gasteiger charge is 2.01. The van der Waals surface area contributed by atoms with E-state index in [4.69, 9.17) is 0 Å². The third-order valence-corrected chi connectivity index (χ3v) is 5.50. The van der Waals surface area contributed by atoms with E-state index < -0.39 is 0 Å². The third kappa shape index (κ3) is 4.22. The van der Waals surface area contributed by atoms with E-state index in [1.165, 1.54) is 63.1 Å². The Morgan fingerprint density at radius 3 is 1.48 bits per heavy atom. The third-order valence-electron chi connectivity index (χ3n) is 5.50. The second-order valence-electron chi connectivity index (χ2n) is 7.80. The van der Waals surface area contributed by atoms with Crippen LogP contribution in [-0.4, -0.2) is 0 Å². The maximum Gasteiger partial charge on any atom is -0.0181 e. The van der Waals surface area contributed by atoms with Gasteiger partial charge < -0.3 is 0 Å². The molecule has 0 heterocycles. The molecule has 0 atom stereocenters. The number of aryl methyl sites for hydroxylation is 4. The van der Waals surface area contributed by atoms with Gasteiger partial charge in [-0.25, -0.2) is 0 Å². The van der Waals surface area contributed by atoms with E-state index in [0.29, 0.717) is 0 Å². The minimum Gasteiger partial charge on any atom is -0.0651 e. The van der Waals surface area contributed by atoms with Crippen LogP contribution in [0.4, 0.5) is 0 Å². The fourth-order valence-corrected chi connectivity index (χ4v) is 4.01. The van der Waals surface area contributed by atoms with Gasteiger partial charge in [0.15, 0.2) is 0 Å². The van der Waals surface area contributed by atoms with Crippen molar-refractivity contribution in [2.75, 3.05) is 0 Å². The van der Waals surface area contributed by atoms with Gasteiger partial charge in [-0.3, -0.25) is 0 Å². The van der Waals surface area contributed by atoms with Crippen LogP contribution in [0, 0.1) is 6.92 Å². The Morgan fingerprint density at radius 2 is 0.963 bits per heavy atom. The van der Waals surface area contributed by atoms with Gasteiger partial charge in [-0.05, 0) is 70.8 Å². The highest BCUT2D eigenvalue weighted by Crippen LogP contribution is 2.21. The van der Waals surface area contributed by atoms with Crippen LogP contribution in [0.1, 0.15) is 42.0 Å². The fraction of sp³-hybridized carbons (Fsp3) is 0.259. The van der Waals surface area contributed by atoms with Crippen LogP contribution >= 0.6 is 0 Å². The van der Waals surface area contributed by atoms with Gasteiger partial charge in [0.2, 0.25) is 0 Å². The molecule has 0 aliphatic rings. The molecule has 0 fully saturated rings. The van der Waals surface area contributed by atoms with E-state index in [0.717, 1.165) is 12.8 Å². The Balaban J connectivity index is 1.42. The van der Waals surface area contributed by atoms with Crippen molar-refractivity contribution in [2.24, 2.45) is 0 Å². The van der Waals surface area contributed by atoms with Crippen LogP contribution in [0.5, 0.6) is 0 Å². The Labute approximate surface area is 162 Å². The lowest BCUT2D eigenvalue weighted by Gasteiger charge is -2.07. The van der Waals surface area contributed by atoms with Gasteiger partial charge in [-0.15, -0.1) is 0 Å². The molecule has 0 heteroatoms. The summed E-state index contributed by atoms with van der Waals surface area (Å²) in [7, 11) is 0. The molecule has 4 aromatic carbocycles. The van der Waals surface area contributed by atoms with Crippen LogP contribution in [0.3, 0.4) is 0 Å². The number of hydrogen-bond acceptors (Lipinski definition) is 0. The minimum atomic E-state index is 1.14. The molecule has 0 N–H and O–H groups in total. The number of fused-ring (bicyclic) bond motifs is 2. The largest absolute Gasteiger partial charge is 0.0651 e. The van der Waals surface area contributed by atoms with Crippen LogP contribution in [-0.2, 0) is 19.3 Å². The summed E-state index contributed by atoms with van der Waals surface area (Å²) in [5, 5.41) is 5.44. The first kappa shape index (κ1) is 17.8. The van der Waals surface area contributed by atoms with Gasteiger partial charge in [0, 0.05) is 0 Å². The molecule has 0 aliphatic carbocycles. The zero-order chi connectivity index (χ0) is 18.6. The monoisotopic (exact) mass is 352 g/mol. The molecule has 136 valence electrons. The van der Waals surface area contributed by atoms with E-state index >= 15 is 0 Å². The van der Waals surface area contributed by atoms with Crippen molar-refractivity contribution >= 4 is 21.5 Å². The van der Waals surface area contributed by atoms with Gasteiger partial charge in [0.05, 0.1) is 0 Å². The van der Waals surface area contributed by atoms with E-state index in [9.17, 15) is 0 Å². The second kappa shape index (κ2) is 7.96. The fourth-order valence-electron chi connectivity index (χ4n) is 4.01. The van der Waals surface area contributed by atoms with Gasteiger partial charge in [0.25, 0.3) is 0 Å². The molecule has 4 aromatic rings. The molecule has 0 saturated heterocycles. The van der Waals surface area contributed by atoms with Crippen molar-refractivity contribution in [3.8, 4) is 0 Å². The first-order valence-electron chi connectivity index (χ1n) is 10.2. The highest BCUT2D eigenvalue weighted by atomic mass is 14.1. The molecule has 4 rings (SSSR count). The topological polar surface area (TPSA) is 0 Å². The van der Waals surface area contributed by atoms with Crippen molar-refractivity contribution < 1.29 is 0 Å². The van der Waals surface area contributed by atoms with Crippen molar-refractivity contribution in [2.45, 2.75) is 46.0 Å². The molecule has 0 saturated carbocycles. The highest BCUT2D eigenvalue weighted by molar-refractivity contribution is 5.84. The summed E-state index contributed by atoms with van der Waals surface area (Å²) in [6, 6.07) is 27.5. The summed E-state index contributed by atoms with van der Waals surface area (Å²) in [6.07, 6.45) is 5.84. The summed E-state index contributed by atoms with van der Waals surface area (Å²) in [5.74, 6) is 0. The molecule has 0 radical (unpaired) electrons. The summed E-state index contributed by atoms with van der Waals surface area (Å²) in [5.41, 5.74) is 5.66. The average Bonchev–Trinajstić information content (AvgIpc) is 2.68. The van der Waals surface area contributed by atoms with E-state index in [2.05, 4.69) is 86.6 Å². The zero-order valence-electron chi connectivity index (χ0n) is 16.5. The van der Waals surface area contributed by atoms with Crippen LogP contribution in [0.15, 0.2) is 72.8 Å². The Hall–Kier alpha value is -2.60. The molecule has 0 amide bonds. The predicted molar refractivity (Wildman–Crippen MR) is 119 cm³/mol. The normalized spacial score (nSPS) is 11.3. The summed E-state index contributed by atoms with van der Waals surface area (Å²) < 4.78 is 0. The van der Waals surface area contributed by atoms with E-state index in [-0.39, 0.29) is 0 Å². The summed E-state index contributed by atoms with van der Waals surface area (Å²) in [4.78, 5) is 0.